The van der Waals surface area contributed by atoms with E-state index in [4.69, 9.17) is 31.7 Å². The van der Waals surface area contributed by atoms with Gasteiger partial charge in [-0.2, -0.15) is 0 Å². The number of hydrogen-bond donors (Lipinski definition) is 2. The molecule has 0 aromatic carbocycles. The van der Waals surface area contributed by atoms with Gasteiger partial charge in [-0.15, -0.1) is 0 Å². The highest BCUT2D eigenvalue weighted by Crippen LogP contribution is 2.26. The molecule has 2 aromatic rings. The maximum Gasteiger partial charge on any atom is 0.233 e. The molecule has 0 radical (unpaired) electrons. The number of amidine groups is 1. The summed E-state index contributed by atoms with van der Waals surface area (Å²) >= 11 is 6.03. The van der Waals surface area contributed by atoms with Gasteiger partial charge in [0.05, 0.1) is 6.26 Å². The molecule has 0 fully saturated rings. The normalized spacial score (nSPS) is 11.5. The Kier molecular flexibility index (Phi) is 3.69. The third-order valence-electron chi connectivity index (χ3n) is 2.17. The first-order valence-corrected chi connectivity index (χ1v) is 5.37. The molecule has 0 aliphatic heterocycles. The zero-order valence-corrected chi connectivity index (χ0v) is 9.96. The fourth-order valence-corrected chi connectivity index (χ4v) is 1.57. The van der Waals surface area contributed by atoms with Gasteiger partial charge in [0.15, 0.2) is 5.84 Å². The summed E-state index contributed by atoms with van der Waals surface area (Å²) in [5.74, 6) is 0.726. The average Bonchev–Trinajstić information content (AvgIpc) is 2.90. The predicted molar refractivity (Wildman–Crippen MR) is 64.8 cm³/mol. The van der Waals surface area contributed by atoms with Gasteiger partial charge in [-0.3, -0.25) is 0 Å². The molecule has 0 aliphatic rings. The van der Waals surface area contributed by atoms with Crippen LogP contribution in [0.15, 0.2) is 40.2 Å². The number of nitrogens with two attached hydrogens (primary N) is 1. The molecule has 94 valence electrons. The van der Waals surface area contributed by atoms with Crippen LogP contribution in [0.4, 0.5) is 0 Å². The quantitative estimate of drug-likeness (QED) is 0.382. The van der Waals surface area contributed by atoms with E-state index < -0.39 is 0 Å². The fraction of sp³-hybridized carbons (Fsp3) is 0.0909. The maximum atomic E-state index is 8.61. The fourth-order valence-electron chi connectivity index (χ4n) is 1.31. The van der Waals surface area contributed by atoms with Gasteiger partial charge in [-0.25, -0.2) is 4.98 Å². The first-order valence-electron chi connectivity index (χ1n) is 5.00. The van der Waals surface area contributed by atoms with E-state index in [1.54, 1.807) is 18.4 Å². The zero-order valence-electron chi connectivity index (χ0n) is 9.21. The number of nitrogens with zero attached hydrogens (tertiary/aromatic N) is 2. The summed E-state index contributed by atoms with van der Waals surface area (Å²) in [6, 6.07) is 5.04. The summed E-state index contributed by atoms with van der Waals surface area (Å²) in [5, 5.41) is 11.7. The smallest absolute Gasteiger partial charge is 0.233 e. The van der Waals surface area contributed by atoms with Crippen LogP contribution in [0.5, 0.6) is 5.88 Å². The molecule has 18 heavy (non-hydrogen) atoms. The molecule has 2 rings (SSSR count). The maximum absolute atomic E-state index is 8.61. The van der Waals surface area contributed by atoms with Gasteiger partial charge in [0.2, 0.25) is 5.88 Å². The van der Waals surface area contributed by atoms with Crippen LogP contribution in [0, 0.1) is 0 Å². The molecule has 0 spiro atoms. The molecule has 6 nitrogen and oxygen atoms in total. The standard InChI is InChI=1S/C11H10ClN3O3/c12-9-8(10(13)15-16)3-4-14-11(9)18-6-7-2-1-5-17-7/h1-5,16H,6H2,(H2,13,15). The minimum atomic E-state index is -0.106. The molecule has 0 unspecified atom stereocenters. The van der Waals surface area contributed by atoms with Crippen molar-refractivity contribution in [3.05, 3.63) is 47.0 Å². The molecular formula is C11H10ClN3O3. The number of pyridine rings is 1. The highest BCUT2D eigenvalue weighted by molar-refractivity contribution is 6.35. The van der Waals surface area contributed by atoms with Crippen LogP contribution in [0.3, 0.4) is 0 Å². The monoisotopic (exact) mass is 267 g/mol. The Balaban J connectivity index is 2.18. The molecule has 0 bridgehead atoms. The van der Waals surface area contributed by atoms with Crippen molar-refractivity contribution in [2.75, 3.05) is 0 Å². The molecule has 0 amide bonds. The van der Waals surface area contributed by atoms with E-state index in [1.807, 2.05) is 0 Å². The third-order valence-corrected chi connectivity index (χ3v) is 2.54. The topological polar surface area (TPSA) is 93.9 Å². The Morgan fingerprint density at radius 2 is 2.39 bits per heavy atom. The first-order chi connectivity index (χ1) is 8.72. The summed E-state index contributed by atoms with van der Waals surface area (Å²) in [5.41, 5.74) is 5.82. The summed E-state index contributed by atoms with van der Waals surface area (Å²) < 4.78 is 10.5. The van der Waals surface area contributed by atoms with Crippen LogP contribution in [0.1, 0.15) is 11.3 Å². The van der Waals surface area contributed by atoms with Gasteiger partial charge >= 0.3 is 0 Å². The summed E-state index contributed by atoms with van der Waals surface area (Å²) in [4.78, 5) is 3.97. The number of hydrogen-bond acceptors (Lipinski definition) is 5. The van der Waals surface area contributed by atoms with Crippen molar-refractivity contribution < 1.29 is 14.4 Å². The summed E-state index contributed by atoms with van der Waals surface area (Å²) in [6.45, 7) is 0.194. The van der Waals surface area contributed by atoms with Crippen molar-refractivity contribution in [3.63, 3.8) is 0 Å². The lowest BCUT2D eigenvalue weighted by molar-refractivity contribution is 0.260. The Labute approximate surface area is 108 Å². The summed E-state index contributed by atoms with van der Waals surface area (Å²) in [7, 11) is 0. The number of ether oxygens (including phenoxy) is 1. The highest BCUT2D eigenvalue weighted by atomic mass is 35.5. The van der Waals surface area contributed by atoms with Crippen LogP contribution >= 0.6 is 11.6 Å². The van der Waals surface area contributed by atoms with Crippen molar-refractivity contribution in [3.8, 4) is 5.88 Å². The molecule has 0 saturated carbocycles. The van der Waals surface area contributed by atoms with Crippen molar-refractivity contribution in [2.24, 2.45) is 10.9 Å². The van der Waals surface area contributed by atoms with E-state index in [0.717, 1.165) is 0 Å². The second-order valence-corrected chi connectivity index (χ2v) is 3.71. The van der Waals surface area contributed by atoms with Crippen molar-refractivity contribution in [1.29, 1.82) is 0 Å². The van der Waals surface area contributed by atoms with Crippen molar-refractivity contribution in [1.82, 2.24) is 4.98 Å². The molecule has 2 heterocycles. The average molecular weight is 268 g/mol. The number of furan rings is 1. The van der Waals surface area contributed by atoms with Gasteiger partial charge in [-0.05, 0) is 18.2 Å². The number of aromatic nitrogens is 1. The second-order valence-electron chi connectivity index (χ2n) is 3.33. The third kappa shape index (κ3) is 2.54. The molecule has 3 N–H and O–H groups in total. The number of oxime groups is 1. The molecule has 0 atom stereocenters. The lowest BCUT2D eigenvalue weighted by atomic mass is 10.2. The van der Waals surface area contributed by atoms with Gasteiger partial charge < -0.3 is 20.1 Å². The lowest BCUT2D eigenvalue weighted by Crippen LogP contribution is -2.14. The van der Waals surface area contributed by atoms with Gasteiger partial charge in [0.25, 0.3) is 0 Å². The minimum Gasteiger partial charge on any atom is -0.468 e. The van der Waals surface area contributed by atoms with E-state index >= 15 is 0 Å². The molecule has 2 aromatic heterocycles. The van der Waals surface area contributed by atoms with Gasteiger partial charge in [0, 0.05) is 11.8 Å². The van der Waals surface area contributed by atoms with Crippen LogP contribution in [0.25, 0.3) is 0 Å². The van der Waals surface area contributed by atoms with Crippen LogP contribution < -0.4 is 10.5 Å². The van der Waals surface area contributed by atoms with E-state index in [0.29, 0.717) is 11.3 Å². The van der Waals surface area contributed by atoms with Crippen molar-refractivity contribution >= 4 is 17.4 Å². The highest BCUT2D eigenvalue weighted by Gasteiger charge is 2.12. The molecule has 0 saturated heterocycles. The van der Waals surface area contributed by atoms with E-state index in [9.17, 15) is 0 Å². The van der Waals surface area contributed by atoms with Crippen molar-refractivity contribution in [2.45, 2.75) is 6.61 Å². The lowest BCUT2D eigenvalue weighted by Gasteiger charge is -2.08. The zero-order chi connectivity index (χ0) is 13.0. The van der Waals surface area contributed by atoms with Crippen LogP contribution in [-0.4, -0.2) is 16.0 Å². The van der Waals surface area contributed by atoms with E-state index in [1.165, 1.54) is 12.3 Å². The van der Waals surface area contributed by atoms with Crippen LogP contribution in [0.2, 0.25) is 5.02 Å². The van der Waals surface area contributed by atoms with E-state index in [-0.39, 0.29) is 23.3 Å². The Hall–Kier alpha value is -2.21. The SMILES string of the molecule is N/C(=N/O)c1ccnc(OCc2ccco2)c1Cl. The first kappa shape index (κ1) is 12.3. The Morgan fingerprint density at radius 3 is 3.06 bits per heavy atom. The molecule has 0 aliphatic carbocycles. The Bertz CT molecular complexity index is 555. The predicted octanol–water partition coefficient (Wildman–Crippen LogP) is 2.00. The minimum absolute atomic E-state index is 0.106. The second kappa shape index (κ2) is 5.42. The molecule has 7 heteroatoms. The largest absolute Gasteiger partial charge is 0.468 e. The number of rotatable bonds is 4. The van der Waals surface area contributed by atoms with Gasteiger partial charge in [-0.1, -0.05) is 16.8 Å². The number of halogens is 1. The molecular weight excluding hydrogens is 258 g/mol. The van der Waals surface area contributed by atoms with Crippen LogP contribution in [-0.2, 0) is 6.61 Å². The Morgan fingerprint density at radius 1 is 1.56 bits per heavy atom. The van der Waals surface area contributed by atoms with Gasteiger partial charge in [0.1, 0.15) is 17.4 Å². The van der Waals surface area contributed by atoms with E-state index in [2.05, 4.69) is 10.1 Å². The summed E-state index contributed by atoms with van der Waals surface area (Å²) in [6.07, 6.45) is 3.00.